The highest BCUT2D eigenvalue weighted by molar-refractivity contribution is 6.31. The maximum absolute atomic E-state index is 6.12. The molecule has 24 heavy (non-hydrogen) atoms. The van der Waals surface area contributed by atoms with Crippen LogP contribution in [0.1, 0.15) is 25.8 Å². The minimum atomic E-state index is 0.668. The van der Waals surface area contributed by atoms with E-state index in [1.807, 2.05) is 49.4 Å². The molecule has 0 amide bonds. The lowest BCUT2D eigenvalue weighted by Gasteiger charge is -2.11. The van der Waals surface area contributed by atoms with Gasteiger partial charge >= 0.3 is 0 Å². The van der Waals surface area contributed by atoms with Crippen molar-refractivity contribution in [1.82, 2.24) is 0 Å². The zero-order valence-corrected chi connectivity index (χ0v) is 15.5. The molecule has 0 aliphatic heterocycles. The molecule has 2 aromatic rings. The maximum atomic E-state index is 6.12. The third-order valence-corrected chi connectivity index (χ3v) is 4.18. The summed E-state index contributed by atoms with van der Waals surface area (Å²) in [6.07, 6.45) is 1.08. The van der Waals surface area contributed by atoms with Crippen molar-refractivity contribution in [2.45, 2.75) is 27.2 Å². The van der Waals surface area contributed by atoms with Crippen LogP contribution in [0, 0.1) is 12.8 Å². The van der Waals surface area contributed by atoms with Crippen LogP contribution in [0.5, 0.6) is 5.75 Å². The van der Waals surface area contributed by atoms with E-state index in [9.17, 15) is 0 Å². The van der Waals surface area contributed by atoms with Gasteiger partial charge in [-0.15, -0.1) is 0 Å². The number of ether oxygens (including phenoxy) is 1. The van der Waals surface area contributed by atoms with Crippen molar-refractivity contribution >= 4 is 23.0 Å². The Morgan fingerprint density at radius 2 is 1.58 bits per heavy atom. The van der Waals surface area contributed by atoms with E-state index in [0.717, 1.165) is 53.8 Å². The maximum Gasteiger partial charge on any atom is 0.119 e. The molecule has 0 spiro atoms. The van der Waals surface area contributed by atoms with Gasteiger partial charge in [0.25, 0.3) is 0 Å². The Morgan fingerprint density at radius 1 is 0.958 bits per heavy atom. The molecule has 2 aromatic carbocycles. The van der Waals surface area contributed by atoms with Crippen molar-refractivity contribution in [1.29, 1.82) is 0 Å². The largest absolute Gasteiger partial charge is 0.494 e. The van der Waals surface area contributed by atoms with Crippen molar-refractivity contribution in [3.05, 3.63) is 53.1 Å². The minimum absolute atomic E-state index is 0.668. The number of anilines is 2. The van der Waals surface area contributed by atoms with Crippen LogP contribution in [0.15, 0.2) is 42.5 Å². The van der Waals surface area contributed by atoms with E-state index in [1.165, 1.54) is 0 Å². The standard InChI is InChI=1S/C20H27ClN2O/c1-15(2)10-13-24-19-8-6-17(7-9-19)22-11-12-23-18-5-4-16(3)20(21)14-18/h4-9,14-15,22-23H,10-13H2,1-3H3. The van der Waals surface area contributed by atoms with Crippen LogP contribution in [0.2, 0.25) is 5.02 Å². The molecule has 0 atom stereocenters. The van der Waals surface area contributed by atoms with E-state index in [4.69, 9.17) is 16.3 Å². The monoisotopic (exact) mass is 346 g/mol. The smallest absolute Gasteiger partial charge is 0.119 e. The first-order chi connectivity index (χ1) is 11.5. The Kier molecular flexibility index (Phi) is 7.26. The Balaban J connectivity index is 1.69. The third kappa shape index (κ3) is 6.32. The molecule has 0 heterocycles. The van der Waals surface area contributed by atoms with Crippen LogP contribution in [-0.4, -0.2) is 19.7 Å². The van der Waals surface area contributed by atoms with Gasteiger partial charge < -0.3 is 15.4 Å². The van der Waals surface area contributed by atoms with Gasteiger partial charge in [-0.05, 0) is 61.2 Å². The molecule has 0 radical (unpaired) electrons. The molecular weight excluding hydrogens is 320 g/mol. The molecular formula is C20H27ClN2O. The highest BCUT2D eigenvalue weighted by Gasteiger charge is 1.99. The lowest BCUT2D eigenvalue weighted by molar-refractivity contribution is 0.289. The first kappa shape index (κ1) is 18.5. The Morgan fingerprint density at radius 3 is 2.21 bits per heavy atom. The van der Waals surface area contributed by atoms with Crippen LogP contribution in [0.25, 0.3) is 0 Å². The van der Waals surface area contributed by atoms with Crippen molar-refractivity contribution in [2.24, 2.45) is 5.92 Å². The average Bonchev–Trinajstić information content (AvgIpc) is 2.56. The van der Waals surface area contributed by atoms with Crippen molar-refractivity contribution in [3.8, 4) is 5.75 Å². The van der Waals surface area contributed by atoms with E-state index in [0.29, 0.717) is 5.92 Å². The predicted octanol–water partition coefficient (Wildman–Crippen LogP) is 5.60. The SMILES string of the molecule is Cc1ccc(NCCNc2ccc(OCCC(C)C)cc2)cc1Cl. The lowest BCUT2D eigenvalue weighted by Crippen LogP contribution is -2.13. The molecule has 130 valence electrons. The molecule has 0 saturated carbocycles. The van der Waals surface area contributed by atoms with Gasteiger partial charge in [0.1, 0.15) is 5.75 Å². The summed E-state index contributed by atoms with van der Waals surface area (Å²) in [6.45, 7) is 8.84. The first-order valence-electron chi connectivity index (χ1n) is 8.51. The summed E-state index contributed by atoms with van der Waals surface area (Å²) in [5.74, 6) is 1.59. The summed E-state index contributed by atoms with van der Waals surface area (Å²) in [4.78, 5) is 0. The molecule has 0 bridgehead atoms. The zero-order valence-electron chi connectivity index (χ0n) is 14.7. The quantitative estimate of drug-likeness (QED) is 0.580. The van der Waals surface area contributed by atoms with Crippen LogP contribution < -0.4 is 15.4 Å². The van der Waals surface area contributed by atoms with Crippen LogP contribution in [-0.2, 0) is 0 Å². The van der Waals surface area contributed by atoms with Crippen LogP contribution >= 0.6 is 11.6 Å². The molecule has 2 rings (SSSR count). The van der Waals surface area contributed by atoms with E-state index >= 15 is 0 Å². The number of hydrogen-bond donors (Lipinski definition) is 2. The van der Waals surface area contributed by atoms with E-state index in [2.05, 4.69) is 24.5 Å². The van der Waals surface area contributed by atoms with E-state index < -0.39 is 0 Å². The van der Waals surface area contributed by atoms with Gasteiger partial charge in [0.2, 0.25) is 0 Å². The Hall–Kier alpha value is -1.87. The van der Waals surface area contributed by atoms with Gasteiger partial charge in [0.15, 0.2) is 0 Å². The average molecular weight is 347 g/mol. The summed E-state index contributed by atoms with van der Waals surface area (Å²) in [5, 5.41) is 7.55. The van der Waals surface area contributed by atoms with Gasteiger partial charge in [0.05, 0.1) is 6.61 Å². The Labute approximate surface area is 150 Å². The minimum Gasteiger partial charge on any atom is -0.494 e. The number of aryl methyl sites for hydroxylation is 1. The summed E-state index contributed by atoms with van der Waals surface area (Å²) in [7, 11) is 0. The van der Waals surface area contributed by atoms with Gasteiger partial charge in [-0.1, -0.05) is 31.5 Å². The van der Waals surface area contributed by atoms with E-state index in [-0.39, 0.29) is 0 Å². The molecule has 0 aliphatic carbocycles. The fraction of sp³-hybridized carbons (Fsp3) is 0.400. The molecule has 0 aromatic heterocycles. The topological polar surface area (TPSA) is 33.3 Å². The number of nitrogens with one attached hydrogen (secondary N) is 2. The number of hydrogen-bond acceptors (Lipinski definition) is 3. The second-order valence-electron chi connectivity index (χ2n) is 6.37. The zero-order chi connectivity index (χ0) is 17.4. The fourth-order valence-electron chi connectivity index (χ4n) is 2.20. The second-order valence-corrected chi connectivity index (χ2v) is 6.78. The number of benzene rings is 2. The highest BCUT2D eigenvalue weighted by Crippen LogP contribution is 2.20. The van der Waals surface area contributed by atoms with Crippen LogP contribution in [0.3, 0.4) is 0 Å². The summed E-state index contributed by atoms with van der Waals surface area (Å²) < 4.78 is 5.72. The Bertz CT molecular complexity index is 626. The molecule has 0 fully saturated rings. The van der Waals surface area contributed by atoms with Gasteiger partial charge in [0, 0.05) is 29.5 Å². The summed E-state index contributed by atoms with van der Waals surface area (Å²) in [6, 6.07) is 14.1. The van der Waals surface area contributed by atoms with Crippen molar-refractivity contribution in [3.63, 3.8) is 0 Å². The van der Waals surface area contributed by atoms with Gasteiger partial charge in [-0.25, -0.2) is 0 Å². The molecule has 2 N–H and O–H groups in total. The normalized spacial score (nSPS) is 10.7. The summed E-state index contributed by atoms with van der Waals surface area (Å²) in [5.41, 5.74) is 3.23. The van der Waals surface area contributed by atoms with Crippen LogP contribution in [0.4, 0.5) is 11.4 Å². The summed E-state index contributed by atoms with van der Waals surface area (Å²) >= 11 is 6.12. The van der Waals surface area contributed by atoms with Crippen molar-refractivity contribution < 1.29 is 4.74 Å². The number of halogens is 1. The van der Waals surface area contributed by atoms with Gasteiger partial charge in [-0.3, -0.25) is 0 Å². The lowest BCUT2D eigenvalue weighted by atomic mass is 10.1. The van der Waals surface area contributed by atoms with Crippen molar-refractivity contribution in [2.75, 3.05) is 30.3 Å². The molecule has 4 heteroatoms. The fourth-order valence-corrected chi connectivity index (χ4v) is 2.38. The highest BCUT2D eigenvalue weighted by atomic mass is 35.5. The van der Waals surface area contributed by atoms with Gasteiger partial charge in [-0.2, -0.15) is 0 Å². The molecule has 0 saturated heterocycles. The van der Waals surface area contributed by atoms with E-state index in [1.54, 1.807) is 0 Å². The molecule has 0 aliphatic rings. The third-order valence-electron chi connectivity index (χ3n) is 3.77. The predicted molar refractivity (Wildman–Crippen MR) is 105 cm³/mol. The molecule has 0 unspecified atom stereocenters. The first-order valence-corrected chi connectivity index (χ1v) is 8.89. The molecule has 3 nitrogen and oxygen atoms in total. The second kappa shape index (κ2) is 9.43. The number of rotatable bonds is 9.